The third kappa shape index (κ3) is 7.06. The smallest absolute Gasteiger partial charge is 0.124 e. The highest BCUT2D eigenvalue weighted by Gasteiger charge is 2.04. The molecular formula is C21H29NO3. The molecule has 0 atom stereocenters. The molecule has 0 saturated heterocycles. The molecule has 0 bridgehead atoms. The molecule has 0 aliphatic rings. The number of benzene rings is 2. The van der Waals surface area contributed by atoms with Crippen LogP contribution in [0.2, 0.25) is 0 Å². The van der Waals surface area contributed by atoms with Crippen molar-refractivity contribution in [3.05, 3.63) is 54.1 Å². The lowest BCUT2D eigenvalue weighted by Crippen LogP contribution is -2.09. The van der Waals surface area contributed by atoms with Gasteiger partial charge in [0.2, 0.25) is 0 Å². The lowest BCUT2D eigenvalue weighted by Gasteiger charge is -2.14. The van der Waals surface area contributed by atoms with Gasteiger partial charge in [-0.25, -0.2) is 0 Å². The summed E-state index contributed by atoms with van der Waals surface area (Å²) in [5, 5.41) is 3.44. The van der Waals surface area contributed by atoms with Crippen LogP contribution in [0.15, 0.2) is 48.5 Å². The van der Waals surface area contributed by atoms with Crippen molar-refractivity contribution < 1.29 is 14.2 Å². The number of hydrogen-bond donors (Lipinski definition) is 1. The molecule has 0 heterocycles. The number of nitrogens with one attached hydrogen (secondary N) is 1. The van der Waals surface area contributed by atoms with Crippen LogP contribution in [0, 0.1) is 5.92 Å². The van der Waals surface area contributed by atoms with E-state index < -0.39 is 0 Å². The molecule has 0 saturated carbocycles. The zero-order chi connectivity index (χ0) is 17.9. The molecule has 2 aromatic rings. The molecule has 0 unspecified atom stereocenters. The first-order valence-electron chi connectivity index (χ1n) is 8.94. The summed E-state index contributed by atoms with van der Waals surface area (Å²) in [4.78, 5) is 0. The van der Waals surface area contributed by atoms with E-state index in [1.807, 2.05) is 49.4 Å². The van der Waals surface area contributed by atoms with Crippen molar-refractivity contribution in [2.75, 3.05) is 31.7 Å². The Kier molecular flexibility index (Phi) is 8.13. The normalized spacial score (nSPS) is 10.7. The first-order chi connectivity index (χ1) is 12.2. The Morgan fingerprint density at radius 1 is 0.960 bits per heavy atom. The quantitative estimate of drug-likeness (QED) is 0.598. The minimum absolute atomic E-state index is 0.511. The molecular weight excluding hydrogens is 314 g/mol. The summed E-state index contributed by atoms with van der Waals surface area (Å²) < 4.78 is 16.9. The van der Waals surface area contributed by atoms with Crippen LogP contribution in [-0.2, 0) is 11.3 Å². The Hall–Kier alpha value is -2.20. The van der Waals surface area contributed by atoms with E-state index in [0.717, 1.165) is 29.4 Å². The molecule has 2 aromatic carbocycles. The summed E-state index contributed by atoms with van der Waals surface area (Å²) in [5.41, 5.74) is 2.15. The molecule has 0 aliphatic carbocycles. The lowest BCUT2D eigenvalue weighted by molar-refractivity contribution is 0.110. The SMILES string of the molecule is CCOCCOc1ccccc1CNc1cccc(OCC(C)C)c1. The van der Waals surface area contributed by atoms with Crippen molar-refractivity contribution in [2.24, 2.45) is 5.92 Å². The van der Waals surface area contributed by atoms with Gasteiger partial charge >= 0.3 is 0 Å². The molecule has 0 spiro atoms. The number of ether oxygens (including phenoxy) is 3. The van der Waals surface area contributed by atoms with Crippen molar-refractivity contribution in [1.82, 2.24) is 0 Å². The van der Waals surface area contributed by atoms with E-state index in [4.69, 9.17) is 14.2 Å². The molecule has 0 aromatic heterocycles. The second-order valence-corrected chi connectivity index (χ2v) is 6.24. The van der Waals surface area contributed by atoms with Crippen LogP contribution in [0.3, 0.4) is 0 Å². The van der Waals surface area contributed by atoms with Gasteiger partial charge in [0.1, 0.15) is 18.1 Å². The Morgan fingerprint density at radius 3 is 2.60 bits per heavy atom. The number of para-hydroxylation sites is 1. The Balaban J connectivity index is 1.91. The molecule has 4 nitrogen and oxygen atoms in total. The molecule has 136 valence electrons. The van der Waals surface area contributed by atoms with E-state index >= 15 is 0 Å². The van der Waals surface area contributed by atoms with E-state index in [-0.39, 0.29) is 0 Å². The van der Waals surface area contributed by atoms with Crippen molar-refractivity contribution in [1.29, 1.82) is 0 Å². The predicted molar refractivity (Wildman–Crippen MR) is 103 cm³/mol. The van der Waals surface area contributed by atoms with Gasteiger partial charge in [0.05, 0.1) is 13.2 Å². The van der Waals surface area contributed by atoms with Crippen LogP contribution in [0.25, 0.3) is 0 Å². The van der Waals surface area contributed by atoms with Crippen LogP contribution in [0.4, 0.5) is 5.69 Å². The van der Waals surface area contributed by atoms with Crippen molar-refractivity contribution in [2.45, 2.75) is 27.3 Å². The van der Waals surface area contributed by atoms with Gasteiger partial charge in [-0.3, -0.25) is 0 Å². The fraction of sp³-hybridized carbons (Fsp3) is 0.429. The molecule has 1 N–H and O–H groups in total. The monoisotopic (exact) mass is 343 g/mol. The van der Waals surface area contributed by atoms with E-state index in [1.165, 1.54) is 0 Å². The van der Waals surface area contributed by atoms with Gasteiger partial charge in [-0.2, -0.15) is 0 Å². The summed E-state index contributed by atoms with van der Waals surface area (Å²) in [6, 6.07) is 16.1. The molecule has 2 rings (SSSR count). The second kappa shape index (κ2) is 10.6. The molecule has 25 heavy (non-hydrogen) atoms. The average molecular weight is 343 g/mol. The van der Waals surface area contributed by atoms with Crippen LogP contribution in [0.5, 0.6) is 11.5 Å². The highest BCUT2D eigenvalue weighted by molar-refractivity contribution is 5.49. The first kappa shape index (κ1) is 19.1. The number of hydrogen-bond acceptors (Lipinski definition) is 4. The van der Waals surface area contributed by atoms with Crippen molar-refractivity contribution in [3.8, 4) is 11.5 Å². The fourth-order valence-corrected chi connectivity index (χ4v) is 2.30. The zero-order valence-corrected chi connectivity index (χ0v) is 15.5. The summed E-state index contributed by atoms with van der Waals surface area (Å²) in [6.07, 6.45) is 0. The van der Waals surface area contributed by atoms with Crippen molar-refractivity contribution in [3.63, 3.8) is 0 Å². The van der Waals surface area contributed by atoms with Gasteiger partial charge in [-0.1, -0.05) is 38.1 Å². The number of rotatable bonds is 11. The summed E-state index contributed by atoms with van der Waals surface area (Å²) in [7, 11) is 0. The maximum absolute atomic E-state index is 5.83. The lowest BCUT2D eigenvalue weighted by atomic mass is 10.2. The van der Waals surface area contributed by atoms with E-state index in [1.54, 1.807) is 0 Å². The number of anilines is 1. The van der Waals surface area contributed by atoms with Gasteiger partial charge < -0.3 is 19.5 Å². The summed E-state index contributed by atoms with van der Waals surface area (Å²) in [6.45, 7) is 9.56. The highest BCUT2D eigenvalue weighted by atomic mass is 16.5. The van der Waals surface area contributed by atoms with Crippen molar-refractivity contribution >= 4 is 5.69 Å². The van der Waals surface area contributed by atoms with Gasteiger partial charge in [-0.15, -0.1) is 0 Å². The highest BCUT2D eigenvalue weighted by Crippen LogP contribution is 2.22. The Morgan fingerprint density at radius 2 is 1.80 bits per heavy atom. The summed E-state index contributed by atoms with van der Waals surface area (Å²) >= 11 is 0. The third-order valence-electron chi connectivity index (χ3n) is 3.56. The van der Waals surface area contributed by atoms with Crippen LogP contribution >= 0.6 is 0 Å². The van der Waals surface area contributed by atoms with E-state index in [9.17, 15) is 0 Å². The molecule has 0 aliphatic heterocycles. The van der Waals surface area contributed by atoms with Crippen LogP contribution in [-0.4, -0.2) is 26.4 Å². The first-order valence-corrected chi connectivity index (χ1v) is 8.94. The van der Waals surface area contributed by atoms with Crippen LogP contribution < -0.4 is 14.8 Å². The Bertz CT molecular complexity index is 628. The largest absolute Gasteiger partial charge is 0.493 e. The minimum Gasteiger partial charge on any atom is -0.493 e. The zero-order valence-electron chi connectivity index (χ0n) is 15.5. The molecule has 4 heteroatoms. The van der Waals surface area contributed by atoms with E-state index in [2.05, 4.69) is 25.2 Å². The van der Waals surface area contributed by atoms with Crippen LogP contribution in [0.1, 0.15) is 26.3 Å². The average Bonchev–Trinajstić information content (AvgIpc) is 2.63. The predicted octanol–water partition coefficient (Wildman–Crippen LogP) is 4.75. The molecule has 0 radical (unpaired) electrons. The van der Waals surface area contributed by atoms with E-state index in [0.29, 0.717) is 32.3 Å². The summed E-state index contributed by atoms with van der Waals surface area (Å²) in [5.74, 6) is 2.29. The molecule has 0 amide bonds. The minimum atomic E-state index is 0.511. The molecule has 0 fully saturated rings. The van der Waals surface area contributed by atoms with Gasteiger partial charge in [-0.05, 0) is 31.0 Å². The second-order valence-electron chi connectivity index (χ2n) is 6.24. The van der Waals surface area contributed by atoms with Gasteiger partial charge in [0, 0.05) is 30.5 Å². The standard InChI is InChI=1S/C21H29NO3/c1-4-23-12-13-24-21-11-6-5-8-18(21)15-22-19-9-7-10-20(14-19)25-16-17(2)3/h5-11,14,17,22H,4,12-13,15-16H2,1-3H3. The topological polar surface area (TPSA) is 39.7 Å². The van der Waals surface area contributed by atoms with Gasteiger partial charge in [0.15, 0.2) is 0 Å². The fourth-order valence-electron chi connectivity index (χ4n) is 2.30. The maximum atomic E-state index is 5.83. The maximum Gasteiger partial charge on any atom is 0.124 e. The Labute approximate surface area is 151 Å². The third-order valence-corrected chi connectivity index (χ3v) is 3.56. The van der Waals surface area contributed by atoms with Gasteiger partial charge in [0.25, 0.3) is 0 Å².